The summed E-state index contributed by atoms with van der Waals surface area (Å²) in [4.78, 5) is 51.6. The molecule has 4 heterocycles. The number of carbonyl (C=O) groups is 2. The smallest absolute Gasteiger partial charge is 0.425 e. The number of pyridine rings is 1. The number of hydrogen-bond donors (Lipinski definition) is 2. The fourth-order valence-electron chi connectivity index (χ4n) is 2.71. The number of aromatic nitrogens is 7. The predicted molar refractivity (Wildman–Crippen MR) is 138 cm³/mol. The van der Waals surface area contributed by atoms with Gasteiger partial charge in [0, 0.05) is 6.20 Å². The molecule has 0 saturated heterocycles. The van der Waals surface area contributed by atoms with Gasteiger partial charge in [0.05, 0.1) is 18.3 Å². The van der Waals surface area contributed by atoms with Crippen LogP contribution in [0.25, 0.3) is 22.3 Å². The Morgan fingerprint density at radius 2 is 1.39 bits per heavy atom. The van der Waals surface area contributed by atoms with Gasteiger partial charge in [-0.05, 0) is 56.6 Å². The van der Waals surface area contributed by atoms with Crippen molar-refractivity contribution in [2.24, 2.45) is 4.74 Å². The van der Waals surface area contributed by atoms with E-state index in [0.29, 0.717) is 16.8 Å². The molecular weight excluding hydrogens is 485 g/mol. The summed E-state index contributed by atoms with van der Waals surface area (Å²) in [6, 6.07) is 1.80. The fourth-order valence-corrected chi connectivity index (χ4v) is 2.90. The van der Waals surface area contributed by atoms with Crippen LogP contribution in [0, 0.1) is 0 Å². The number of rotatable bonds is 2. The van der Waals surface area contributed by atoms with Gasteiger partial charge in [0.2, 0.25) is 0 Å². The van der Waals surface area contributed by atoms with Gasteiger partial charge < -0.3 is 19.4 Å². The third-order valence-corrected chi connectivity index (χ3v) is 4.23. The largest absolute Gasteiger partial charge is 0.443 e. The van der Waals surface area contributed by atoms with Crippen LogP contribution in [0.2, 0.25) is 0 Å². The summed E-state index contributed by atoms with van der Waals surface area (Å²) >= 11 is 0. The molecule has 13 nitrogen and oxygen atoms in total. The molecule has 36 heavy (non-hydrogen) atoms. The number of imide groups is 1. The number of carbonyl (C=O) groups excluding carboxylic acids is 2. The number of nitrogens with zero attached hydrogens (tertiary/aromatic N) is 7. The number of amides is 2. The number of anilines is 1. The summed E-state index contributed by atoms with van der Waals surface area (Å²) < 4.78 is 14.5. The summed E-state index contributed by atoms with van der Waals surface area (Å²) in [5.74, 6) is 0.0148. The molecule has 4 rings (SSSR count). The van der Waals surface area contributed by atoms with Gasteiger partial charge in [-0.25, -0.2) is 39.3 Å². The molecule has 0 bridgehead atoms. The van der Waals surface area contributed by atoms with Crippen molar-refractivity contribution in [1.29, 1.82) is 0 Å². The highest BCUT2D eigenvalue weighted by molar-refractivity contribution is 7.04. The van der Waals surface area contributed by atoms with Crippen LogP contribution in [0.15, 0.2) is 36.0 Å². The maximum atomic E-state index is 12.6. The standard InChI is InChI=1S/C15H21N5O4.C6H5N4P.CH4/c1-14(2,3)23-12(21)20(13(22)24-15(4,5)6)11-9-10(17-7-16-9)18-8-19-11;11-10-4-1-2-7-6-5(4)8-3-9-6;/h7-8H,1-6H3,(H,16,17,18,19);1-3,11H,(H,7,8,9);1H4. The molecule has 0 radical (unpaired) electrons. The molecule has 0 aliphatic heterocycles. The van der Waals surface area contributed by atoms with E-state index in [9.17, 15) is 9.59 Å². The summed E-state index contributed by atoms with van der Waals surface area (Å²) in [5.41, 5.74) is 1.40. The Kier molecular flexibility index (Phi) is 8.76. The molecule has 0 aromatic carbocycles. The minimum atomic E-state index is -0.897. The second-order valence-electron chi connectivity index (χ2n) is 9.14. The first kappa shape index (κ1) is 28.2. The Labute approximate surface area is 210 Å². The number of aromatic amines is 2. The number of nitrogens with one attached hydrogen (secondary N) is 2. The molecule has 2 N–H and O–H groups in total. The molecule has 0 aliphatic carbocycles. The highest BCUT2D eigenvalue weighted by Gasteiger charge is 2.35. The van der Waals surface area contributed by atoms with E-state index in [1.54, 1.807) is 60.1 Å². The first-order valence-corrected chi connectivity index (χ1v) is 10.9. The summed E-state index contributed by atoms with van der Waals surface area (Å²) in [6.07, 6.45) is 4.07. The monoisotopic (exact) mass is 515 g/mol. The van der Waals surface area contributed by atoms with Gasteiger partial charge in [-0.2, -0.15) is 4.90 Å². The van der Waals surface area contributed by atoms with Crippen molar-refractivity contribution in [2.75, 3.05) is 4.90 Å². The van der Waals surface area contributed by atoms with Crippen LogP contribution in [-0.2, 0) is 9.47 Å². The lowest BCUT2D eigenvalue weighted by molar-refractivity contribution is 0.0429. The maximum Gasteiger partial charge on any atom is 0.425 e. The minimum absolute atomic E-state index is 0. The highest BCUT2D eigenvalue weighted by Crippen LogP contribution is 2.24. The number of fused-ring (bicyclic) bond motifs is 2. The number of hydrogen-bond acceptors (Lipinski definition) is 10. The Balaban J connectivity index is 0.000000316. The van der Waals surface area contributed by atoms with Crippen LogP contribution >= 0.6 is 9.03 Å². The van der Waals surface area contributed by atoms with Crippen LogP contribution in [-0.4, -0.2) is 58.3 Å². The van der Waals surface area contributed by atoms with Gasteiger partial charge in [0.25, 0.3) is 0 Å². The second-order valence-corrected chi connectivity index (χ2v) is 9.36. The van der Waals surface area contributed by atoms with Crippen LogP contribution in [0.3, 0.4) is 0 Å². The maximum absolute atomic E-state index is 12.6. The second kappa shape index (κ2) is 11.2. The minimum Gasteiger partial charge on any atom is -0.443 e. The quantitative estimate of drug-likeness (QED) is 0.324. The van der Waals surface area contributed by atoms with Crippen molar-refractivity contribution in [1.82, 2.24) is 34.9 Å². The van der Waals surface area contributed by atoms with E-state index in [1.165, 1.54) is 12.7 Å². The first-order chi connectivity index (χ1) is 16.4. The zero-order valence-electron chi connectivity index (χ0n) is 20.2. The van der Waals surface area contributed by atoms with Crippen molar-refractivity contribution in [3.63, 3.8) is 0 Å². The molecule has 4 aromatic heterocycles. The van der Waals surface area contributed by atoms with Gasteiger partial charge in [0.15, 0.2) is 17.1 Å². The van der Waals surface area contributed by atoms with E-state index in [4.69, 9.17) is 9.47 Å². The van der Waals surface area contributed by atoms with Crippen LogP contribution in [0.1, 0.15) is 49.0 Å². The molecular formula is C22H30N9O4P. The van der Waals surface area contributed by atoms with E-state index in [2.05, 4.69) is 48.7 Å². The number of imidazole rings is 2. The third kappa shape index (κ3) is 7.01. The Hall–Kier alpha value is -3.99. The molecule has 2 amide bonds. The molecule has 0 spiro atoms. The molecule has 0 saturated carbocycles. The van der Waals surface area contributed by atoms with Crippen LogP contribution < -0.4 is 4.90 Å². The van der Waals surface area contributed by atoms with Crippen molar-refractivity contribution < 1.29 is 19.1 Å². The van der Waals surface area contributed by atoms with E-state index >= 15 is 0 Å². The Morgan fingerprint density at radius 1 is 0.861 bits per heavy atom. The lowest BCUT2D eigenvalue weighted by atomic mass is 10.2. The lowest BCUT2D eigenvalue weighted by Gasteiger charge is -2.28. The van der Waals surface area contributed by atoms with Gasteiger partial charge in [0.1, 0.15) is 28.6 Å². The third-order valence-electron chi connectivity index (χ3n) is 3.99. The van der Waals surface area contributed by atoms with Gasteiger partial charge in [-0.3, -0.25) is 0 Å². The average molecular weight is 516 g/mol. The normalized spacial score (nSPS) is 11.2. The lowest BCUT2D eigenvalue weighted by Crippen LogP contribution is -2.44. The SMILES string of the molecule is C.CC(C)(C)OC(=O)N(C(=O)OC(C)(C)C)c1ncnc2nc[nH]c12.P=Nc1ccnc2nc[nH]c12. The van der Waals surface area contributed by atoms with E-state index < -0.39 is 23.4 Å². The molecule has 192 valence electrons. The Morgan fingerprint density at radius 3 is 1.92 bits per heavy atom. The zero-order valence-corrected chi connectivity index (χ0v) is 21.2. The summed E-state index contributed by atoms with van der Waals surface area (Å²) in [5, 5.41) is 0. The molecule has 4 aromatic rings. The number of ether oxygens (including phenoxy) is 2. The molecule has 0 atom stereocenters. The van der Waals surface area contributed by atoms with Crippen molar-refractivity contribution in [3.8, 4) is 0 Å². The van der Waals surface area contributed by atoms with E-state index in [-0.39, 0.29) is 13.2 Å². The topological polar surface area (TPSA) is 164 Å². The van der Waals surface area contributed by atoms with E-state index in [1.807, 2.05) is 0 Å². The molecule has 0 aliphatic rings. The van der Waals surface area contributed by atoms with Crippen molar-refractivity contribution >= 4 is 55.1 Å². The average Bonchev–Trinajstić information content (AvgIpc) is 3.41. The van der Waals surface area contributed by atoms with Crippen molar-refractivity contribution in [3.05, 3.63) is 31.2 Å². The summed E-state index contributed by atoms with van der Waals surface area (Å²) in [7, 11) is 3.06. The zero-order chi connectivity index (χ0) is 25.8. The van der Waals surface area contributed by atoms with Gasteiger partial charge in [-0.1, -0.05) is 7.43 Å². The molecule has 0 fully saturated rings. The van der Waals surface area contributed by atoms with Gasteiger partial charge in [-0.15, -0.1) is 0 Å². The highest BCUT2D eigenvalue weighted by atomic mass is 31.0. The Bertz CT molecular complexity index is 1330. The molecule has 0 unspecified atom stereocenters. The summed E-state index contributed by atoms with van der Waals surface area (Å²) in [6.45, 7) is 10.2. The van der Waals surface area contributed by atoms with Crippen LogP contribution in [0.5, 0.6) is 0 Å². The van der Waals surface area contributed by atoms with E-state index in [0.717, 1.165) is 16.1 Å². The fraction of sp³-hybridized carbons (Fsp3) is 0.409. The van der Waals surface area contributed by atoms with Crippen molar-refractivity contribution in [2.45, 2.75) is 60.2 Å². The van der Waals surface area contributed by atoms with Crippen LogP contribution in [0.4, 0.5) is 21.1 Å². The van der Waals surface area contributed by atoms with Gasteiger partial charge >= 0.3 is 12.2 Å². The predicted octanol–water partition coefficient (Wildman–Crippen LogP) is 5.58. The molecule has 14 heteroatoms. The first-order valence-electron chi connectivity index (χ1n) is 10.5. The number of H-pyrrole nitrogens is 2.